The number of carboxylic acids is 1. The van der Waals surface area contributed by atoms with Crippen LogP contribution in [0, 0.1) is 10.1 Å². The average molecular weight is 215 g/mol. The molecule has 0 saturated carbocycles. The third-order valence-electron chi connectivity index (χ3n) is 1.68. The molecule has 0 aliphatic heterocycles. The second-order valence-electron chi connectivity index (χ2n) is 2.80. The van der Waals surface area contributed by atoms with Gasteiger partial charge in [0.05, 0.1) is 4.92 Å². The molecule has 1 aromatic heterocycles. The third kappa shape index (κ3) is 3.14. The average Bonchev–Trinajstić information content (AvgIpc) is 2.52. The number of rotatable bonds is 5. The van der Waals surface area contributed by atoms with E-state index in [9.17, 15) is 14.9 Å². The van der Waals surface area contributed by atoms with Gasteiger partial charge >= 0.3 is 11.0 Å². The molecule has 0 unspecified atom stereocenters. The predicted molar refractivity (Wildman–Crippen MR) is 51.5 cm³/mol. The zero-order chi connectivity index (χ0) is 10.6. The fourth-order valence-electron chi connectivity index (χ4n) is 1.03. The van der Waals surface area contributed by atoms with Crippen LogP contribution in [0.4, 0.5) is 5.00 Å². The maximum absolute atomic E-state index is 10.3. The van der Waals surface area contributed by atoms with Gasteiger partial charge in [0.25, 0.3) is 0 Å². The van der Waals surface area contributed by atoms with Crippen molar-refractivity contribution < 1.29 is 14.8 Å². The highest BCUT2D eigenvalue weighted by Crippen LogP contribution is 2.23. The molecule has 1 aromatic rings. The van der Waals surface area contributed by atoms with Gasteiger partial charge in [-0.1, -0.05) is 11.3 Å². The Morgan fingerprint density at radius 3 is 2.86 bits per heavy atom. The van der Waals surface area contributed by atoms with Gasteiger partial charge in [-0.15, -0.1) is 0 Å². The van der Waals surface area contributed by atoms with Crippen molar-refractivity contribution in [2.45, 2.75) is 19.3 Å². The fourth-order valence-corrected chi connectivity index (χ4v) is 1.80. The maximum Gasteiger partial charge on any atom is 0.324 e. The minimum Gasteiger partial charge on any atom is -0.481 e. The van der Waals surface area contributed by atoms with Crippen molar-refractivity contribution in [1.82, 2.24) is 0 Å². The van der Waals surface area contributed by atoms with Crippen molar-refractivity contribution in [3.63, 3.8) is 0 Å². The van der Waals surface area contributed by atoms with Gasteiger partial charge in [-0.05, 0) is 18.4 Å². The Morgan fingerprint density at radius 1 is 1.64 bits per heavy atom. The second kappa shape index (κ2) is 4.71. The van der Waals surface area contributed by atoms with E-state index in [2.05, 4.69) is 0 Å². The normalized spacial score (nSPS) is 10.0. The molecule has 1 heterocycles. The molecule has 14 heavy (non-hydrogen) atoms. The Morgan fingerprint density at radius 2 is 2.36 bits per heavy atom. The van der Waals surface area contributed by atoms with E-state index in [-0.39, 0.29) is 11.4 Å². The first kappa shape index (κ1) is 10.6. The van der Waals surface area contributed by atoms with Gasteiger partial charge in [0.15, 0.2) is 0 Å². The topological polar surface area (TPSA) is 80.4 Å². The molecular formula is C8H9NO4S. The standard InChI is InChI=1S/C8H9NO4S/c10-8(11)3-1-2-6-4-7(9(12)13)14-5-6/h4-5H,1-3H2,(H,10,11). The van der Waals surface area contributed by atoms with Crippen molar-refractivity contribution in [2.75, 3.05) is 0 Å². The second-order valence-corrected chi connectivity index (χ2v) is 3.69. The number of hydrogen-bond donors (Lipinski definition) is 1. The van der Waals surface area contributed by atoms with Crippen LogP contribution >= 0.6 is 11.3 Å². The number of thiophene rings is 1. The highest BCUT2D eigenvalue weighted by molar-refractivity contribution is 7.13. The smallest absolute Gasteiger partial charge is 0.324 e. The van der Waals surface area contributed by atoms with Crippen LogP contribution < -0.4 is 0 Å². The zero-order valence-corrected chi connectivity index (χ0v) is 8.12. The molecule has 6 heteroatoms. The van der Waals surface area contributed by atoms with E-state index in [1.165, 1.54) is 6.07 Å². The van der Waals surface area contributed by atoms with Crippen molar-refractivity contribution in [3.8, 4) is 0 Å². The lowest BCUT2D eigenvalue weighted by molar-refractivity contribution is -0.380. The van der Waals surface area contributed by atoms with E-state index in [4.69, 9.17) is 5.11 Å². The van der Waals surface area contributed by atoms with Gasteiger partial charge in [-0.2, -0.15) is 0 Å². The Kier molecular flexibility index (Phi) is 3.58. The maximum atomic E-state index is 10.3. The molecule has 0 saturated heterocycles. The van der Waals surface area contributed by atoms with E-state index in [0.29, 0.717) is 12.8 Å². The summed E-state index contributed by atoms with van der Waals surface area (Å²) in [4.78, 5) is 20.1. The lowest BCUT2D eigenvalue weighted by Crippen LogP contribution is -1.95. The molecule has 1 rings (SSSR count). The van der Waals surface area contributed by atoms with E-state index in [0.717, 1.165) is 16.9 Å². The highest BCUT2D eigenvalue weighted by atomic mass is 32.1. The number of nitro groups is 1. The first-order valence-corrected chi connectivity index (χ1v) is 4.91. The van der Waals surface area contributed by atoms with Crippen LogP contribution in [-0.2, 0) is 11.2 Å². The largest absolute Gasteiger partial charge is 0.481 e. The first-order valence-electron chi connectivity index (χ1n) is 4.03. The van der Waals surface area contributed by atoms with Crippen LogP contribution in [0.15, 0.2) is 11.4 Å². The molecule has 0 aromatic carbocycles. The number of nitrogens with zero attached hydrogens (tertiary/aromatic N) is 1. The third-order valence-corrected chi connectivity index (χ3v) is 2.60. The van der Waals surface area contributed by atoms with E-state index in [1.807, 2.05) is 0 Å². The number of aliphatic carboxylic acids is 1. The van der Waals surface area contributed by atoms with Crippen LogP contribution in [0.3, 0.4) is 0 Å². The van der Waals surface area contributed by atoms with Crippen molar-refractivity contribution >= 4 is 22.3 Å². The minimum absolute atomic E-state index is 0.101. The van der Waals surface area contributed by atoms with Gasteiger partial charge in [0.2, 0.25) is 0 Å². The van der Waals surface area contributed by atoms with Crippen LogP contribution in [0.5, 0.6) is 0 Å². The molecule has 0 radical (unpaired) electrons. The number of carbonyl (C=O) groups is 1. The summed E-state index contributed by atoms with van der Waals surface area (Å²) in [6, 6.07) is 1.49. The van der Waals surface area contributed by atoms with Crippen molar-refractivity contribution in [3.05, 3.63) is 27.1 Å². The summed E-state index contributed by atoms with van der Waals surface area (Å²) < 4.78 is 0. The molecule has 0 fully saturated rings. The molecule has 0 bridgehead atoms. The summed E-state index contributed by atoms with van der Waals surface area (Å²) in [6.07, 6.45) is 1.20. The number of carboxylic acid groups (broad SMARTS) is 1. The summed E-state index contributed by atoms with van der Waals surface area (Å²) in [5, 5.41) is 20.5. The minimum atomic E-state index is -0.838. The number of aryl methyl sites for hydroxylation is 1. The molecule has 5 nitrogen and oxygen atoms in total. The zero-order valence-electron chi connectivity index (χ0n) is 7.30. The fraction of sp³-hybridized carbons (Fsp3) is 0.375. The molecule has 0 spiro atoms. The van der Waals surface area contributed by atoms with Crippen LogP contribution in [0.25, 0.3) is 0 Å². The Bertz CT molecular complexity index is 347. The van der Waals surface area contributed by atoms with Crippen molar-refractivity contribution in [2.24, 2.45) is 0 Å². The molecule has 1 N–H and O–H groups in total. The quantitative estimate of drug-likeness (QED) is 0.602. The van der Waals surface area contributed by atoms with E-state index in [1.54, 1.807) is 5.38 Å². The Balaban J connectivity index is 2.44. The molecular weight excluding hydrogens is 206 g/mol. The van der Waals surface area contributed by atoms with Crippen LogP contribution in [0.1, 0.15) is 18.4 Å². The SMILES string of the molecule is O=C(O)CCCc1csc([N+](=O)[O-])c1. The van der Waals surface area contributed by atoms with Gasteiger partial charge in [0.1, 0.15) is 0 Å². The van der Waals surface area contributed by atoms with Crippen molar-refractivity contribution in [1.29, 1.82) is 0 Å². The summed E-state index contributed by atoms with van der Waals surface area (Å²) in [6.45, 7) is 0. The van der Waals surface area contributed by atoms with Gasteiger partial charge in [-0.25, -0.2) is 0 Å². The molecule has 0 aliphatic rings. The predicted octanol–water partition coefficient (Wildman–Crippen LogP) is 2.06. The first-order chi connectivity index (χ1) is 6.59. The Hall–Kier alpha value is -1.43. The van der Waals surface area contributed by atoms with E-state index >= 15 is 0 Å². The summed E-state index contributed by atoms with van der Waals surface area (Å²) in [5.74, 6) is -0.838. The molecule has 0 aliphatic carbocycles. The summed E-state index contributed by atoms with van der Waals surface area (Å²) in [5.41, 5.74) is 0.836. The van der Waals surface area contributed by atoms with E-state index < -0.39 is 10.9 Å². The lowest BCUT2D eigenvalue weighted by Gasteiger charge is -1.92. The molecule has 76 valence electrons. The van der Waals surface area contributed by atoms with Gasteiger partial charge in [-0.3, -0.25) is 14.9 Å². The summed E-state index contributed by atoms with van der Waals surface area (Å²) in [7, 11) is 0. The monoisotopic (exact) mass is 215 g/mol. The van der Waals surface area contributed by atoms with Crippen LogP contribution in [0.2, 0.25) is 0 Å². The number of hydrogen-bond acceptors (Lipinski definition) is 4. The van der Waals surface area contributed by atoms with Gasteiger partial charge in [0, 0.05) is 17.9 Å². The molecule has 0 amide bonds. The summed E-state index contributed by atoms with van der Waals surface area (Å²) >= 11 is 1.07. The lowest BCUT2D eigenvalue weighted by atomic mass is 10.1. The van der Waals surface area contributed by atoms with Crippen LogP contribution in [-0.4, -0.2) is 16.0 Å². The van der Waals surface area contributed by atoms with Gasteiger partial charge < -0.3 is 5.11 Å². The Labute approximate surface area is 84.1 Å². The highest BCUT2D eigenvalue weighted by Gasteiger charge is 2.09. The molecule has 0 atom stereocenters.